The summed E-state index contributed by atoms with van der Waals surface area (Å²) < 4.78 is 0. The first-order chi connectivity index (χ1) is 12.6. The number of amides is 1. The molecule has 1 unspecified atom stereocenters. The number of para-hydroxylation sites is 1. The van der Waals surface area contributed by atoms with E-state index in [2.05, 4.69) is 39.3 Å². The van der Waals surface area contributed by atoms with E-state index in [0.717, 1.165) is 43.1 Å². The van der Waals surface area contributed by atoms with Crippen molar-refractivity contribution in [1.82, 2.24) is 14.9 Å². The van der Waals surface area contributed by atoms with E-state index in [1.54, 1.807) is 6.20 Å². The number of carbonyl (C=O) groups excluding carboxylic acids is 1. The number of anilines is 3. The van der Waals surface area contributed by atoms with Gasteiger partial charge in [0.15, 0.2) is 5.82 Å². The van der Waals surface area contributed by atoms with Gasteiger partial charge in [-0.05, 0) is 51.2 Å². The zero-order valence-corrected chi connectivity index (χ0v) is 15.4. The molecule has 4 rings (SSSR count). The van der Waals surface area contributed by atoms with Crippen LogP contribution in [0.5, 0.6) is 0 Å². The topological polar surface area (TPSA) is 51.7 Å². The first-order valence-corrected chi connectivity index (χ1v) is 9.22. The highest BCUT2D eigenvalue weighted by atomic mass is 16.1. The first kappa shape index (κ1) is 17.0. The molecule has 0 aliphatic carbocycles. The maximum atomic E-state index is 12.8. The fraction of sp³-hybridized carbons (Fsp3) is 0.400. The normalized spacial score (nSPS) is 20.3. The molecule has 0 bridgehead atoms. The summed E-state index contributed by atoms with van der Waals surface area (Å²) in [5.41, 5.74) is 2.33. The first-order valence-electron chi connectivity index (χ1n) is 9.22. The molecular weight excluding hydrogens is 326 g/mol. The number of benzene rings is 1. The molecule has 0 radical (unpaired) electrons. The summed E-state index contributed by atoms with van der Waals surface area (Å²) in [6, 6.07) is 12.0. The lowest BCUT2D eigenvalue weighted by atomic mass is 10.0. The van der Waals surface area contributed by atoms with E-state index in [1.807, 2.05) is 36.4 Å². The van der Waals surface area contributed by atoms with Crippen molar-refractivity contribution in [2.24, 2.45) is 0 Å². The second-order valence-corrected chi connectivity index (χ2v) is 7.23. The van der Waals surface area contributed by atoms with Crippen LogP contribution >= 0.6 is 0 Å². The van der Waals surface area contributed by atoms with E-state index < -0.39 is 0 Å². The Bertz CT molecular complexity index is 806. The maximum absolute atomic E-state index is 12.8. The van der Waals surface area contributed by atoms with Crippen molar-refractivity contribution in [3.05, 3.63) is 48.2 Å². The monoisotopic (exact) mass is 351 g/mol. The van der Waals surface area contributed by atoms with Gasteiger partial charge in [0.2, 0.25) is 0 Å². The van der Waals surface area contributed by atoms with Gasteiger partial charge in [-0.15, -0.1) is 0 Å². The predicted molar refractivity (Wildman–Crippen MR) is 104 cm³/mol. The highest BCUT2D eigenvalue weighted by Crippen LogP contribution is 2.39. The van der Waals surface area contributed by atoms with E-state index >= 15 is 0 Å². The van der Waals surface area contributed by atoms with E-state index in [9.17, 15) is 4.79 Å². The molecule has 2 aliphatic heterocycles. The number of piperidine rings is 1. The third-order valence-electron chi connectivity index (χ3n) is 5.04. The summed E-state index contributed by atoms with van der Waals surface area (Å²) >= 11 is 0. The Labute approximate surface area is 154 Å². The van der Waals surface area contributed by atoms with Gasteiger partial charge in [0.05, 0.1) is 16.9 Å². The molecule has 1 fully saturated rings. The average Bonchev–Trinajstić information content (AvgIpc) is 2.76. The zero-order valence-electron chi connectivity index (χ0n) is 15.4. The van der Waals surface area contributed by atoms with Crippen LogP contribution < -0.4 is 10.3 Å². The molecule has 0 spiro atoms. The summed E-state index contributed by atoms with van der Waals surface area (Å²) in [5, 5.41) is 7.58. The van der Waals surface area contributed by atoms with Crippen molar-refractivity contribution in [2.75, 3.05) is 37.5 Å². The summed E-state index contributed by atoms with van der Waals surface area (Å²) in [7, 11) is 4.22. The maximum Gasteiger partial charge on any atom is 0.257 e. The molecule has 6 nitrogen and oxygen atoms in total. The van der Waals surface area contributed by atoms with Crippen molar-refractivity contribution in [1.29, 1.82) is 0 Å². The van der Waals surface area contributed by atoms with Crippen LogP contribution in [0.2, 0.25) is 0 Å². The van der Waals surface area contributed by atoms with Crippen molar-refractivity contribution >= 4 is 23.1 Å². The summed E-state index contributed by atoms with van der Waals surface area (Å²) in [4.78, 5) is 19.6. The number of hydrogen-bond acceptors (Lipinski definition) is 5. The fourth-order valence-corrected chi connectivity index (χ4v) is 3.93. The van der Waals surface area contributed by atoms with E-state index in [1.165, 1.54) is 6.42 Å². The van der Waals surface area contributed by atoms with Crippen molar-refractivity contribution in [3.63, 3.8) is 0 Å². The van der Waals surface area contributed by atoms with Crippen LogP contribution in [0.15, 0.2) is 42.6 Å². The molecule has 2 aromatic rings. The minimum atomic E-state index is -0.0847. The van der Waals surface area contributed by atoms with Crippen LogP contribution in [0.3, 0.4) is 0 Å². The molecule has 2 aliphatic rings. The Balaban J connectivity index is 1.85. The Morgan fingerprint density at radius 2 is 2.04 bits per heavy atom. The number of hydrogen-bond donors (Lipinski definition) is 1. The van der Waals surface area contributed by atoms with Gasteiger partial charge in [0.1, 0.15) is 0 Å². The van der Waals surface area contributed by atoms with Gasteiger partial charge in [-0.3, -0.25) is 9.80 Å². The van der Waals surface area contributed by atoms with Gasteiger partial charge >= 0.3 is 0 Å². The van der Waals surface area contributed by atoms with Crippen LogP contribution in [0.4, 0.5) is 17.2 Å². The van der Waals surface area contributed by atoms with Gasteiger partial charge in [-0.25, -0.2) is 9.99 Å². The second kappa shape index (κ2) is 7.05. The number of likely N-dealkylation sites (N-methyl/N-ethyl adjacent to an activating group) is 1. The Kier molecular flexibility index (Phi) is 4.61. The second-order valence-electron chi connectivity index (χ2n) is 7.23. The molecule has 136 valence electrons. The van der Waals surface area contributed by atoms with Crippen LogP contribution in [0, 0.1) is 0 Å². The van der Waals surface area contributed by atoms with Crippen molar-refractivity contribution in [3.8, 4) is 0 Å². The van der Waals surface area contributed by atoms with Gasteiger partial charge in [-0.2, -0.15) is 0 Å². The number of carbonyl (C=O) groups is 1. The summed E-state index contributed by atoms with van der Waals surface area (Å²) in [6.07, 6.45) is 5.31. The third-order valence-corrected chi connectivity index (χ3v) is 5.04. The summed E-state index contributed by atoms with van der Waals surface area (Å²) in [6.45, 7) is 1.93. The largest absolute Gasteiger partial charge is 0.319 e. The number of nitrogens with zero attached hydrogens (tertiary/aromatic N) is 4. The lowest BCUT2D eigenvalue weighted by Gasteiger charge is -2.44. The molecule has 0 saturated carbocycles. The highest BCUT2D eigenvalue weighted by Gasteiger charge is 2.34. The third kappa shape index (κ3) is 3.06. The molecule has 1 aromatic carbocycles. The van der Waals surface area contributed by atoms with Crippen LogP contribution in [0.25, 0.3) is 0 Å². The SMILES string of the molecule is CN(C)CC1CCCCN1N1c2ccccc2C(=O)Nc2cccnc21. The number of nitrogens with one attached hydrogen (secondary N) is 1. The van der Waals surface area contributed by atoms with E-state index in [-0.39, 0.29) is 5.91 Å². The standard InChI is InChI=1S/C20H25N5O/c1-23(2)14-15-8-5-6-13-24(15)25-18-11-4-3-9-16(18)20(26)22-17-10-7-12-21-19(17)25/h3-4,7,9-12,15H,5-6,8,13-14H2,1-2H3,(H,22,26). The van der Waals surface area contributed by atoms with Gasteiger partial charge in [0.25, 0.3) is 5.91 Å². The van der Waals surface area contributed by atoms with E-state index in [4.69, 9.17) is 0 Å². The lowest BCUT2D eigenvalue weighted by Crippen LogP contribution is -2.53. The molecule has 1 N–H and O–H groups in total. The number of pyridine rings is 1. The molecular formula is C20H25N5O. The predicted octanol–water partition coefficient (Wildman–Crippen LogP) is 3.12. The summed E-state index contributed by atoms with van der Waals surface area (Å²) in [5.74, 6) is 0.704. The van der Waals surface area contributed by atoms with Crippen LogP contribution in [0.1, 0.15) is 29.6 Å². The molecule has 1 amide bonds. The molecule has 6 heteroatoms. The Morgan fingerprint density at radius 1 is 1.19 bits per heavy atom. The Hall–Kier alpha value is -2.44. The minimum Gasteiger partial charge on any atom is -0.319 e. The molecule has 26 heavy (non-hydrogen) atoms. The minimum absolute atomic E-state index is 0.0847. The average molecular weight is 351 g/mol. The van der Waals surface area contributed by atoms with Gasteiger partial charge < -0.3 is 10.2 Å². The molecule has 1 aromatic heterocycles. The van der Waals surface area contributed by atoms with Crippen LogP contribution in [-0.4, -0.2) is 54.0 Å². The number of rotatable bonds is 3. The number of hydrazine groups is 1. The molecule has 1 saturated heterocycles. The van der Waals surface area contributed by atoms with Crippen molar-refractivity contribution in [2.45, 2.75) is 25.3 Å². The zero-order chi connectivity index (χ0) is 18.1. The van der Waals surface area contributed by atoms with Gasteiger partial charge in [0, 0.05) is 25.3 Å². The molecule has 3 heterocycles. The number of fused-ring (bicyclic) bond motifs is 2. The lowest BCUT2D eigenvalue weighted by molar-refractivity contribution is 0.102. The molecule has 1 atom stereocenters. The highest BCUT2D eigenvalue weighted by molar-refractivity contribution is 6.11. The van der Waals surface area contributed by atoms with Crippen LogP contribution in [-0.2, 0) is 0 Å². The van der Waals surface area contributed by atoms with E-state index in [0.29, 0.717) is 11.6 Å². The van der Waals surface area contributed by atoms with Gasteiger partial charge in [-0.1, -0.05) is 18.6 Å². The smallest absolute Gasteiger partial charge is 0.257 e. The van der Waals surface area contributed by atoms with Crippen molar-refractivity contribution < 1.29 is 4.79 Å². The Morgan fingerprint density at radius 3 is 2.88 bits per heavy atom. The fourth-order valence-electron chi connectivity index (χ4n) is 3.93. The number of aromatic nitrogens is 1. The quantitative estimate of drug-likeness (QED) is 0.921.